The highest BCUT2D eigenvalue weighted by Gasteiger charge is 2.23. The summed E-state index contributed by atoms with van der Waals surface area (Å²) in [5, 5.41) is 17.3. The molecule has 6 nitrogen and oxygen atoms in total. The number of nitrogens with zero attached hydrogens (tertiary/aromatic N) is 1. The van der Waals surface area contributed by atoms with Crippen molar-refractivity contribution in [3.05, 3.63) is 12.7 Å². The van der Waals surface area contributed by atoms with Crippen LogP contribution in [0.4, 0.5) is 0 Å². The molecule has 0 aromatic carbocycles. The van der Waals surface area contributed by atoms with Crippen LogP contribution in [0.15, 0.2) is 12.7 Å². The second-order valence-electron chi connectivity index (χ2n) is 2.82. The van der Waals surface area contributed by atoms with Gasteiger partial charge in [0.05, 0.1) is 0 Å². The maximum atomic E-state index is 10.9. The summed E-state index contributed by atoms with van der Waals surface area (Å²) in [5.41, 5.74) is 0. The molecule has 0 radical (unpaired) electrons. The topological polar surface area (TPSA) is 87.1 Å². The average Bonchev–Trinajstić information content (AvgIpc) is 2.31. The molecule has 100 valence electrons. The van der Waals surface area contributed by atoms with E-state index < -0.39 is 18.1 Å². The summed E-state index contributed by atoms with van der Waals surface area (Å²) in [4.78, 5) is 21.9. The molecule has 0 aliphatic heterocycles. The third-order valence-corrected chi connectivity index (χ3v) is 1.72. The molecule has 0 aliphatic carbocycles. The molecule has 2 N–H and O–H groups in total. The van der Waals surface area contributed by atoms with E-state index in [0.717, 1.165) is 24.2 Å². The van der Waals surface area contributed by atoms with Crippen LogP contribution in [-0.4, -0.2) is 53.0 Å². The van der Waals surface area contributed by atoms with Crippen molar-refractivity contribution < 1.29 is 24.5 Å². The molecule has 0 aliphatic rings. The molecule has 0 saturated heterocycles. The van der Waals surface area contributed by atoms with Gasteiger partial charge in [-0.25, -0.2) is 4.79 Å². The van der Waals surface area contributed by atoms with Crippen LogP contribution in [0, 0.1) is 0 Å². The zero-order chi connectivity index (χ0) is 13.8. The van der Waals surface area contributed by atoms with Gasteiger partial charge in [-0.1, -0.05) is 6.58 Å². The number of carboxylic acids is 1. The summed E-state index contributed by atoms with van der Waals surface area (Å²) in [7, 11) is 0. The van der Waals surface area contributed by atoms with Gasteiger partial charge >= 0.3 is 5.97 Å². The summed E-state index contributed by atoms with van der Waals surface area (Å²) in [6.07, 6.45) is -0.837. The highest BCUT2D eigenvalue weighted by Crippen LogP contribution is 1.97. The van der Waals surface area contributed by atoms with Crippen LogP contribution in [-0.2, 0) is 14.3 Å². The van der Waals surface area contributed by atoms with Crippen molar-refractivity contribution in [2.24, 2.45) is 0 Å². The molecule has 0 aromatic heterocycles. The number of carbonyl (C=O) groups excluding carboxylic acids is 1. The fraction of sp³-hybridized carbons (Fsp3) is 0.636. The summed E-state index contributed by atoms with van der Waals surface area (Å²) < 4.78 is 4.83. The highest BCUT2D eigenvalue weighted by molar-refractivity contribution is 5.90. The first-order valence-electron chi connectivity index (χ1n) is 5.37. The number of amides is 1. The average molecular weight is 247 g/mol. The van der Waals surface area contributed by atoms with Crippen LogP contribution >= 0.6 is 0 Å². The van der Waals surface area contributed by atoms with E-state index in [1.807, 2.05) is 13.8 Å². The molecule has 0 fully saturated rings. The van der Waals surface area contributed by atoms with E-state index in [9.17, 15) is 9.59 Å². The van der Waals surface area contributed by atoms with Crippen molar-refractivity contribution >= 4 is 11.9 Å². The standard InChI is InChI=1S/C7H11NO4.C4H10O/c1-3-5(9)8(4-2)6(10)7(11)12;1-3-5-4-2/h3,6,10H,1,4H2,2H3,(H,11,12);3-4H2,1-2H3. The summed E-state index contributed by atoms with van der Waals surface area (Å²) in [5.74, 6) is -2.06. The molecule has 1 amide bonds. The summed E-state index contributed by atoms with van der Waals surface area (Å²) >= 11 is 0. The minimum Gasteiger partial charge on any atom is -0.478 e. The maximum absolute atomic E-state index is 10.9. The lowest BCUT2D eigenvalue weighted by molar-refractivity contribution is -0.163. The van der Waals surface area contributed by atoms with E-state index in [4.69, 9.17) is 14.9 Å². The first-order chi connectivity index (χ1) is 7.95. The molecule has 0 aromatic rings. The van der Waals surface area contributed by atoms with Gasteiger partial charge in [0.15, 0.2) is 0 Å². The van der Waals surface area contributed by atoms with E-state index in [-0.39, 0.29) is 6.54 Å². The van der Waals surface area contributed by atoms with Gasteiger partial charge in [-0.15, -0.1) is 0 Å². The lowest BCUT2D eigenvalue weighted by Gasteiger charge is -2.21. The predicted octanol–water partition coefficient (Wildman–Crippen LogP) is 0.467. The van der Waals surface area contributed by atoms with Crippen molar-refractivity contribution in [3.63, 3.8) is 0 Å². The Labute approximate surface area is 101 Å². The normalized spacial score (nSPS) is 10.8. The maximum Gasteiger partial charge on any atom is 0.354 e. The largest absolute Gasteiger partial charge is 0.478 e. The second-order valence-corrected chi connectivity index (χ2v) is 2.82. The van der Waals surface area contributed by atoms with Crippen LogP contribution in [0.25, 0.3) is 0 Å². The number of likely N-dealkylation sites (N-methyl/N-ethyl adjacent to an activating group) is 1. The molecule has 1 unspecified atom stereocenters. The Kier molecular flexibility index (Phi) is 11.7. The van der Waals surface area contributed by atoms with E-state index in [1.165, 1.54) is 0 Å². The van der Waals surface area contributed by atoms with Crippen molar-refractivity contribution in [2.45, 2.75) is 27.0 Å². The van der Waals surface area contributed by atoms with Gasteiger partial charge in [0, 0.05) is 19.8 Å². The summed E-state index contributed by atoms with van der Waals surface area (Å²) in [6.45, 7) is 10.5. The van der Waals surface area contributed by atoms with Gasteiger partial charge in [0.25, 0.3) is 0 Å². The van der Waals surface area contributed by atoms with E-state index in [2.05, 4.69) is 6.58 Å². The third kappa shape index (κ3) is 8.41. The highest BCUT2D eigenvalue weighted by atomic mass is 16.5. The second kappa shape index (κ2) is 11.1. The molecule has 0 saturated carbocycles. The van der Waals surface area contributed by atoms with Crippen LogP contribution in [0.2, 0.25) is 0 Å². The summed E-state index contributed by atoms with van der Waals surface area (Å²) in [6, 6.07) is 0. The van der Waals surface area contributed by atoms with Crippen LogP contribution in [0.5, 0.6) is 0 Å². The third-order valence-electron chi connectivity index (χ3n) is 1.72. The number of hydrogen-bond acceptors (Lipinski definition) is 4. The smallest absolute Gasteiger partial charge is 0.354 e. The Balaban J connectivity index is 0. The van der Waals surface area contributed by atoms with Gasteiger partial charge < -0.3 is 19.8 Å². The van der Waals surface area contributed by atoms with Crippen LogP contribution < -0.4 is 0 Å². The Morgan fingerprint density at radius 3 is 2.00 bits per heavy atom. The van der Waals surface area contributed by atoms with Crippen molar-refractivity contribution in [1.82, 2.24) is 4.90 Å². The number of aliphatic carboxylic acids is 1. The lowest BCUT2D eigenvalue weighted by Crippen LogP contribution is -2.44. The monoisotopic (exact) mass is 247 g/mol. The molecular formula is C11H21NO5. The minimum atomic E-state index is -1.79. The predicted molar refractivity (Wildman–Crippen MR) is 63.4 cm³/mol. The molecule has 17 heavy (non-hydrogen) atoms. The molecule has 0 rings (SSSR count). The number of hydrogen-bond donors (Lipinski definition) is 2. The molecule has 0 heterocycles. The number of carboxylic acid groups (broad SMARTS) is 1. The number of aliphatic hydroxyl groups is 1. The van der Waals surface area contributed by atoms with Gasteiger partial charge in [0.1, 0.15) is 0 Å². The van der Waals surface area contributed by atoms with Gasteiger partial charge in [-0.05, 0) is 26.8 Å². The Morgan fingerprint density at radius 1 is 1.35 bits per heavy atom. The quantitative estimate of drug-likeness (QED) is 0.526. The lowest BCUT2D eigenvalue weighted by atomic mass is 10.4. The number of ether oxygens (including phenoxy) is 1. The van der Waals surface area contributed by atoms with Crippen molar-refractivity contribution in [3.8, 4) is 0 Å². The van der Waals surface area contributed by atoms with Gasteiger partial charge in [0.2, 0.25) is 12.1 Å². The van der Waals surface area contributed by atoms with Crippen molar-refractivity contribution in [2.75, 3.05) is 19.8 Å². The number of carbonyl (C=O) groups is 2. The SMILES string of the molecule is C=CC(=O)N(CC)C(O)C(=O)O.CCOCC. The van der Waals surface area contributed by atoms with Crippen LogP contribution in [0.3, 0.4) is 0 Å². The first-order valence-corrected chi connectivity index (χ1v) is 5.37. The van der Waals surface area contributed by atoms with E-state index in [1.54, 1.807) is 6.92 Å². The first kappa shape index (κ1) is 18.0. The number of rotatable bonds is 6. The Morgan fingerprint density at radius 2 is 1.82 bits per heavy atom. The van der Waals surface area contributed by atoms with Crippen molar-refractivity contribution in [1.29, 1.82) is 0 Å². The molecule has 1 atom stereocenters. The Bertz CT molecular complexity index is 240. The van der Waals surface area contributed by atoms with E-state index >= 15 is 0 Å². The zero-order valence-corrected chi connectivity index (χ0v) is 10.5. The fourth-order valence-corrected chi connectivity index (χ4v) is 0.904. The zero-order valence-electron chi connectivity index (χ0n) is 10.5. The fourth-order valence-electron chi connectivity index (χ4n) is 0.904. The molecule has 0 spiro atoms. The molecular weight excluding hydrogens is 226 g/mol. The van der Waals surface area contributed by atoms with Gasteiger partial charge in [-0.3, -0.25) is 4.79 Å². The molecule has 6 heteroatoms. The molecule has 0 bridgehead atoms. The minimum absolute atomic E-state index is 0.123. The van der Waals surface area contributed by atoms with E-state index in [0.29, 0.717) is 0 Å². The Hall–Kier alpha value is -1.40. The number of aliphatic hydroxyl groups excluding tert-OH is 1. The van der Waals surface area contributed by atoms with Crippen LogP contribution in [0.1, 0.15) is 20.8 Å². The van der Waals surface area contributed by atoms with Gasteiger partial charge in [-0.2, -0.15) is 0 Å².